The zero-order chi connectivity index (χ0) is 18.7. The number of aromatic nitrogens is 2. The molecule has 5 nitrogen and oxygen atoms in total. The van der Waals surface area contributed by atoms with E-state index >= 15 is 0 Å². The minimum atomic E-state index is 0.0606. The Morgan fingerprint density at radius 1 is 1.15 bits per heavy atom. The van der Waals surface area contributed by atoms with Crippen molar-refractivity contribution in [1.29, 1.82) is 0 Å². The van der Waals surface area contributed by atoms with Gasteiger partial charge >= 0.3 is 0 Å². The molecule has 0 atom stereocenters. The fourth-order valence-electron chi connectivity index (χ4n) is 3.94. The van der Waals surface area contributed by atoms with Crippen LogP contribution in [0.5, 0.6) is 0 Å². The number of carbonyl (C=O) groups is 1. The molecule has 2 aliphatic rings. The molecule has 1 amide bonds. The molecule has 1 N–H and O–H groups in total. The molecule has 2 aromatic carbocycles. The first-order valence-corrected chi connectivity index (χ1v) is 10.3. The van der Waals surface area contributed by atoms with Crippen molar-refractivity contribution in [2.75, 3.05) is 13.1 Å². The highest BCUT2D eigenvalue weighted by molar-refractivity contribution is 9.10. The van der Waals surface area contributed by atoms with Crippen LogP contribution in [0.1, 0.15) is 23.2 Å². The maximum absolute atomic E-state index is 12.9. The number of hydrogen-bond donors (Lipinski definition) is 1. The van der Waals surface area contributed by atoms with Gasteiger partial charge in [0.15, 0.2) is 0 Å². The summed E-state index contributed by atoms with van der Waals surface area (Å²) in [5.41, 5.74) is 3.10. The van der Waals surface area contributed by atoms with E-state index < -0.39 is 0 Å². The van der Waals surface area contributed by atoms with Gasteiger partial charge in [-0.25, -0.2) is 9.99 Å². The van der Waals surface area contributed by atoms with Crippen LogP contribution in [-0.2, 0) is 0 Å². The number of imidazole rings is 1. The largest absolute Gasteiger partial charge is 0.338 e. The van der Waals surface area contributed by atoms with E-state index in [9.17, 15) is 4.79 Å². The fourth-order valence-corrected chi connectivity index (χ4v) is 4.83. The van der Waals surface area contributed by atoms with Crippen LogP contribution in [0.25, 0.3) is 22.4 Å². The highest BCUT2D eigenvalue weighted by Gasteiger charge is 2.41. The number of fused-ring (bicyclic) bond motifs is 3. The first kappa shape index (κ1) is 17.5. The third-order valence-electron chi connectivity index (χ3n) is 5.29. The molecule has 2 fully saturated rings. The number of benzene rings is 2. The van der Waals surface area contributed by atoms with Crippen molar-refractivity contribution in [2.45, 2.75) is 18.9 Å². The Labute approximate surface area is 174 Å². The summed E-state index contributed by atoms with van der Waals surface area (Å²) in [5, 5.41) is 5.03. The van der Waals surface area contributed by atoms with Gasteiger partial charge in [-0.3, -0.25) is 9.80 Å². The molecule has 3 aromatic rings. The lowest BCUT2D eigenvalue weighted by Gasteiger charge is -2.23. The summed E-state index contributed by atoms with van der Waals surface area (Å²) in [6, 6.07) is 9.48. The number of aromatic amines is 1. The summed E-state index contributed by atoms with van der Waals surface area (Å²) >= 11 is 15.8. The van der Waals surface area contributed by atoms with Gasteiger partial charge in [0.25, 0.3) is 5.91 Å². The summed E-state index contributed by atoms with van der Waals surface area (Å²) in [6.07, 6.45) is 2.13. The fraction of sp³-hybridized carbons (Fsp3) is 0.263. The van der Waals surface area contributed by atoms with Crippen LogP contribution in [0.3, 0.4) is 0 Å². The second kappa shape index (κ2) is 6.48. The zero-order valence-corrected chi connectivity index (χ0v) is 17.3. The first-order chi connectivity index (χ1) is 13.0. The van der Waals surface area contributed by atoms with Gasteiger partial charge < -0.3 is 4.98 Å². The van der Waals surface area contributed by atoms with Crippen molar-refractivity contribution in [3.05, 3.63) is 50.4 Å². The zero-order valence-electron chi connectivity index (χ0n) is 14.2. The minimum absolute atomic E-state index is 0.0606. The highest BCUT2D eigenvalue weighted by Crippen LogP contribution is 2.34. The molecule has 27 heavy (non-hydrogen) atoms. The van der Waals surface area contributed by atoms with Gasteiger partial charge in [-0.2, -0.15) is 0 Å². The second-order valence-electron chi connectivity index (χ2n) is 6.90. The summed E-state index contributed by atoms with van der Waals surface area (Å²) < 4.78 is 0.811. The van der Waals surface area contributed by atoms with Gasteiger partial charge in [0.1, 0.15) is 5.82 Å². The Bertz CT molecular complexity index is 1020. The number of nitrogens with one attached hydrogen (secondary N) is 1. The van der Waals surface area contributed by atoms with E-state index in [1.807, 2.05) is 23.2 Å². The Kier molecular flexibility index (Phi) is 4.20. The number of hydrazine groups is 1. The van der Waals surface area contributed by atoms with Crippen LogP contribution in [-0.4, -0.2) is 45.0 Å². The van der Waals surface area contributed by atoms with E-state index in [0.29, 0.717) is 27.5 Å². The quantitative estimate of drug-likeness (QED) is 0.570. The molecule has 0 unspecified atom stereocenters. The number of amides is 1. The molecule has 0 radical (unpaired) electrons. The van der Waals surface area contributed by atoms with Crippen molar-refractivity contribution in [3.63, 3.8) is 0 Å². The molecule has 0 spiro atoms. The number of carbonyl (C=O) groups excluding carboxylic acids is 1. The lowest BCUT2D eigenvalue weighted by Crippen LogP contribution is -2.38. The lowest BCUT2D eigenvalue weighted by atomic mass is 10.1. The van der Waals surface area contributed by atoms with E-state index in [1.165, 1.54) is 0 Å². The maximum atomic E-state index is 12.9. The third-order valence-corrected chi connectivity index (χ3v) is 6.67. The maximum Gasteiger partial charge on any atom is 0.268 e. The van der Waals surface area contributed by atoms with E-state index in [1.54, 1.807) is 12.1 Å². The smallest absolute Gasteiger partial charge is 0.268 e. The number of hydrogen-bond acceptors (Lipinski definition) is 3. The second-order valence-corrected chi connectivity index (χ2v) is 8.57. The first-order valence-electron chi connectivity index (χ1n) is 8.74. The van der Waals surface area contributed by atoms with Crippen LogP contribution >= 0.6 is 39.1 Å². The molecule has 2 aliphatic heterocycles. The summed E-state index contributed by atoms with van der Waals surface area (Å²) in [7, 11) is 0. The van der Waals surface area contributed by atoms with E-state index in [2.05, 4.69) is 30.9 Å². The van der Waals surface area contributed by atoms with Crippen LogP contribution in [0.2, 0.25) is 10.0 Å². The third kappa shape index (κ3) is 2.86. The van der Waals surface area contributed by atoms with Crippen molar-refractivity contribution in [2.24, 2.45) is 0 Å². The Hall–Kier alpha value is -1.60. The topological polar surface area (TPSA) is 52.2 Å². The van der Waals surface area contributed by atoms with Gasteiger partial charge in [-0.1, -0.05) is 39.1 Å². The van der Waals surface area contributed by atoms with Gasteiger partial charge in [0.05, 0.1) is 27.1 Å². The summed E-state index contributed by atoms with van der Waals surface area (Å²) in [6.45, 7) is 1.94. The molecular weight excluding hydrogens is 451 g/mol. The van der Waals surface area contributed by atoms with Crippen molar-refractivity contribution < 1.29 is 4.79 Å². The van der Waals surface area contributed by atoms with Crippen molar-refractivity contribution >= 4 is 56.1 Å². The average Bonchev–Trinajstić information content (AvgIpc) is 3.35. The monoisotopic (exact) mass is 464 g/mol. The van der Waals surface area contributed by atoms with Crippen LogP contribution in [0.15, 0.2) is 34.8 Å². The molecule has 2 saturated heterocycles. The molecule has 0 aliphatic carbocycles. The normalized spacial score (nSPS) is 21.4. The molecule has 138 valence electrons. The van der Waals surface area contributed by atoms with Gasteiger partial charge in [0, 0.05) is 28.7 Å². The Balaban J connectivity index is 1.49. The Morgan fingerprint density at radius 2 is 1.89 bits per heavy atom. The highest BCUT2D eigenvalue weighted by atomic mass is 79.9. The SMILES string of the molecule is O=C(c1ccc(-c2nc3cc(Cl)c(Cl)cc3[nH]2)c(Br)c1)N1C2CCN1CC2. The van der Waals surface area contributed by atoms with Crippen LogP contribution in [0.4, 0.5) is 0 Å². The van der Waals surface area contributed by atoms with E-state index in [4.69, 9.17) is 23.2 Å². The summed E-state index contributed by atoms with van der Waals surface area (Å²) in [4.78, 5) is 20.8. The number of halogens is 3. The number of nitrogens with zero attached hydrogens (tertiary/aromatic N) is 3. The predicted molar refractivity (Wildman–Crippen MR) is 110 cm³/mol. The van der Waals surface area contributed by atoms with Gasteiger partial charge in [0.2, 0.25) is 0 Å². The standard InChI is InChI=1S/C19H15BrCl2N4O/c20-13-7-10(19(27)26-11-3-5-25(26)6-4-11)1-2-12(13)18-23-16-8-14(21)15(22)9-17(16)24-18/h1-2,7-9,11H,3-6H2,(H,23,24). The van der Waals surface area contributed by atoms with Crippen LogP contribution < -0.4 is 0 Å². The summed E-state index contributed by atoms with van der Waals surface area (Å²) in [5.74, 6) is 0.754. The molecule has 8 heteroatoms. The number of rotatable bonds is 2. The molecule has 1 aromatic heterocycles. The van der Waals surface area contributed by atoms with E-state index in [0.717, 1.165) is 47.0 Å². The minimum Gasteiger partial charge on any atom is -0.338 e. The molecular formula is C19H15BrCl2N4O. The number of piperidine rings is 1. The predicted octanol–water partition coefficient (Wildman–Crippen LogP) is 5.13. The van der Waals surface area contributed by atoms with E-state index in [-0.39, 0.29) is 5.91 Å². The molecule has 0 saturated carbocycles. The Morgan fingerprint density at radius 3 is 2.56 bits per heavy atom. The molecule has 2 bridgehead atoms. The molecule has 3 heterocycles. The van der Waals surface area contributed by atoms with Gasteiger partial charge in [-0.05, 0) is 43.2 Å². The van der Waals surface area contributed by atoms with Crippen molar-refractivity contribution in [1.82, 2.24) is 20.0 Å². The molecule has 5 rings (SSSR count). The van der Waals surface area contributed by atoms with Crippen LogP contribution in [0, 0.1) is 0 Å². The number of H-pyrrole nitrogens is 1. The van der Waals surface area contributed by atoms with Gasteiger partial charge in [-0.15, -0.1) is 0 Å². The van der Waals surface area contributed by atoms with Crippen molar-refractivity contribution in [3.8, 4) is 11.4 Å². The lowest BCUT2D eigenvalue weighted by molar-refractivity contribution is 0.0334. The average molecular weight is 466 g/mol.